The van der Waals surface area contributed by atoms with Gasteiger partial charge in [0.1, 0.15) is 11.6 Å². The third-order valence-corrected chi connectivity index (χ3v) is 3.69. The molecule has 0 radical (unpaired) electrons. The number of hydrogen-bond donors (Lipinski definition) is 1. The molecule has 17 heavy (non-hydrogen) atoms. The van der Waals surface area contributed by atoms with Crippen molar-refractivity contribution in [3.05, 3.63) is 17.1 Å². The lowest BCUT2D eigenvalue weighted by Gasteiger charge is -2.36. The van der Waals surface area contributed by atoms with E-state index in [9.17, 15) is 5.11 Å². The minimum atomic E-state index is -0.251. The van der Waals surface area contributed by atoms with Gasteiger partial charge >= 0.3 is 0 Å². The summed E-state index contributed by atoms with van der Waals surface area (Å²) in [5.74, 6) is 2.17. The average Bonchev–Trinajstić information content (AvgIpc) is 2.27. The highest BCUT2D eigenvalue weighted by molar-refractivity contribution is 5.48. The molecule has 2 atom stereocenters. The van der Waals surface area contributed by atoms with Gasteiger partial charge in [0.25, 0.3) is 0 Å². The lowest BCUT2D eigenvalue weighted by atomic mass is 9.96. The zero-order valence-corrected chi connectivity index (χ0v) is 11.1. The van der Waals surface area contributed by atoms with E-state index in [0.29, 0.717) is 12.5 Å². The van der Waals surface area contributed by atoms with Gasteiger partial charge in [-0.1, -0.05) is 6.92 Å². The van der Waals surface area contributed by atoms with Crippen molar-refractivity contribution in [2.24, 2.45) is 5.92 Å². The van der Waals surface area contributed by atoms with Crippen LogP contribution in [0.2, 0.25) is 0 Å². The van der Waals surface area contributed by atoms with E-state index in [1.54, 1.807) is 0 Å². The van der Waals surface area contributed by atoms with Gasteiger partial charge in [0.05, 0.1) is 6.10 Å². The van der Waals surface area contributed by atoms with Crippen LogP contribution in [0.15, 0.2) is 0 Å². The van der Waals surface area contributed by atoms with Crippen molar-refractivity contribution in [1.82, 2.24) is 9.97 Å². The molecule has 1 aromatic rings. The predicted molar refractivity (Wildman–Crippen MR) is 68.2 cm³/mol. The number of rotatable bonds is 1. The van der Waals surface area contributed by atoms with Crippen LogP contribution >= 0.6 is 0 Å². The maximum Gasteiger partial charge on any atom is 0.135 e. The molecule has 0 aromatic carbocycles. The third-order valence-electron chi connectivity index (χ3n) is 3.69. The van der Waals surface area contributed by atoms with Crippen LogP contribution in [0, 0.1) is 26.7 Å². The second-order valence-electron chi connectivity index (χ2n) is 5.08. The number of aromatic nitrogens is 2. The number of hydrogen-bond acceptors (Lipinski definition) is 4. The molecule has 1 N–H and O–H groups in total. The van der Waals surface area contributed by atoms with E-state index in [1.807, 2.05) is 13.8 Å². The number of aliphatic hydroxyl groups excluding tert-OH is 1. The molecular formula is C13H21N3O. The second-order valence-corrected chi connectivity index (χ2v) is 5.08. The normalized spacial score (nSPS) is 25.1. The van der Waals surface area contributed by atoms with Crippen molar-refractivity contribution < 1.29 is 5.11 Å². The van der Waals surface area contributed by atoms with Crippen molar-refractivity contribution in [3.63, 3.8) is 0 Å². The SMILES string of the molecule is Cc1nc(C)c(C)c(N2CCC(C)C(O)C2)n1. The predicted octanol–water partition coefficient (Wildman–Crippen LogP) is 1.61. The van der Waals surface area contributed by atoms with E-state index in [1.165, 1.54) is 0 Å². The van der Waals surface area contributed by atoms with Crippen LogP contribution < -0.4 is 4.90 Å². The fraction of sp³-hybridized carbons (Fsp3) is 0.692. The summed E-state index contributed by atoms with van der Waals surface area (Å²) in [7, 11) is 0. The van der Waals surface area contributed by atoms with Crippen LogP contribution in [0.1, 0.15) is 30.4 Å². The van der Waals surface area contributed by atoms with Gasteiger partial charge < -0.3 is 10.0 Å². The highest BCUT2D eigenvalue weighted by Crippen LogP contribution is 2.25. The minimum absolute atomic E-state index is 0.251. The highest BCUT2D eigenvalue weighted by atomic mass is 16.3. The maximum atomic E-state index is 9.95. The Kier molecular flexibility index (Phi) is 3.33. The van der Waals surface area contributed by atoms with Crippen LogP contribution in [0.5, 0.6) is 0 Å². The average molecular weight is 235 g/mol. The highest BCUT2D eigenvalue weighted by Gasteiger charge is 2.26. The molecule has 1 aromatic heterocycles. The lowest BCUT2D eigenvalue weighted by molar-refractivity contribution is 0.102. The zero-order valence-electron chi connectivity index (χ0n) is 11.1. The summed E-state index contributed by atoms with van der Waals surface area (Å²) in [6.45, 7) is 9.72. The van der Waals surface area contributed by atoms with Gasteiger partial charge in [-0.2, -0.15) is 0 Å². The Hall–Kier alpha value is -1.16. The van der Waals surface area contributed by atoms with E-state index >= 15 is 0 Å². The first kappa shape index (κ1) is 12.3. The largest absolute Gasteiger partial charge is 0.391 e. The summed E-state index contributed by atoms with van der Waals surface area (Å²) in [6, 6.07) is 0. The Morgan fingerprint density at radius 1 is 1.24 bits per heavy atom. The number of aryl methyl sites for hydroxylation is 2. The quantitative estimate of drug-likeness (QED) is 0.803. The van der Waals surface area contributed by atoms with Gasteiger partial charge in [0.2, 0.25) is 0 Å². The molecule has 94 valence electrons. The van der Waals surface area contributed by atoms with Gasteiger partial charge in [-0.3, -0.25) is 0 Å². The van der Waals surface area contributed by atoms with Gasteiger partial charge in [0.15, 0.2) is 0 Å². The summed E-state index contributed by atoms with van der Waals surface area (Å²) in [5.41, 5.74) is 2.15. The van der Waals surface area contributed by atoms with Gasteiger partial charge in [-0.15, -0.1) is 0 Å². The zero-order chi connectivity index (χ0) is 12.6. The first-order valence-corrected chi connectivity index (χ1v) is 6.24. The van der Waals surface area contributed by atoms with E-state index in [-0.39, 0.29) is 6.10 Å². The first-order chi connectivity index (χ1) is 7.99. The number of β-amino-alcohol motifs (C(OH)–C–C–N with tert-alkyl or cyclic N) is 1. The Balaban J connectivity index is 2.28. The summed E-state index contributed by atoms with van der Waals surface area (Å²) in [5, 5.41) is 9.95. The van der Waals surface area contributed by atoms with Crippen LogP contribution in [0.3, 0.4) is 0 Å². The molecule has 1 fully saturated rings. The molecule has 4 nitrogen and oxygen atoms in total. The number of aliphatic hydroxyl groups is 1. The van der Waals surface area contributed by atoms with Gasteiger partial charge in [0, 0.05) is 24.3 Å². The molecule has 0 amide bonds. The molecule has 0 saturated carbocycles. The molecular weight excluding hydrogens is 214 g/mol. The summed E-state index contributed by atoms with van der Waals surface area (Å²) < 4.78 is 0. The maximum absolute atomic E-state index is 9.95. The lowest BCUT2D eigenvalue weighted by Crippen LogP contribution is -2.43. The van der Waals surface area contributed by atoms with E-state index in [4.69, 9.17) is 0 Å². The topological polar surface area (TPSA) is 49.2 Å². The molecule has 1 aliphatic heterocycles. The van der Waals surface area contributed by atoms with Crippen LogP contribution in [0.4, 0.5) is 5.82 Å². The van der Waals surface area contributed by atoms with Crippen molar-refractivity contribution in [2.75, 3.05) is 18.0 Å². The summed E-state index contributed by atoms with van der Waals surface area (Å²) >= 11 is 0. The minimum Gasteiger partial charge on any atom is -0.391 e. The number of anilines is 1. The molecule has 4 heteroatoms. The fourth-order valence-electron chi connectivity index (χ4n) is 2.30. The Bertz CT molecular complexity index is 419. The smallest absolute Gasteiger partial charge is 0.135 e. The summed E-state index contributed by atoms with van der Waals surface area (Å²) in [4.78, 5) is 11.1. The van der Waals surface area contributed by atoms with E-state index < -0.39 is 0 Å². The van der Waals surface area contributed by atoms with Crippen molar-refractivity contribution in [1.29, 1.82) is 0 Å². The fourth-order valence-corrected chi connectivity index (χ4v) is 2.30. The van der Waals surface area contributed by atoms with E-state index in [2.05, 4.69) is 28.7 Å². The van der Waals surface area contributed by atoms with Crippen molar-refractivity contribution >= 4 is 5.82 Å². The van der Waals surface area contributed by atoms with Gasteiger partial charge in [-0.25, -0.2) is 9.97 Å². The molecule has 0 bridgehead atoms. The third kappa shape index (κ3) is 2.41. The molecule has 2 rings (SSSR count). The van der Waals surface area contributed by atoms with E-state index in [0.717, 1.165) is 35.9 Å². The van der Waals surface area contributed by atoms with Crippen molar-refractivity contribution in [2.45, 2.75) is 40.2 Å². The first-order valence-electron chi connectivity index (χ1n) is 6.24. The molecule has 2 unspecified atom stereocenters. The summed E-state index contributed by atoms with van der Waals surface area (Å²) in [6.07, 6.45) is 0.765. The molecule has 1 aliphatic rings. The standard InChI is InChI=1S/C13H21N3O/c1-8-5-6-16(7-12(8)17)13-9(2)10(3)14-11(4)15-13/h8,12,17H,5-7H2,1-4H3. The molecule has 2 heterocycles. The van der Waals surface area contributed by atoms with Crippen LogP contribution in [-0.4, -0.2) is 34.3 Å². The van der Waals surface area contributed by atoms with Crippen molar-refractivity contribution in [3.8, 4) is 0 Å². The molecule has 0 spiro atoms. The Morgan fingerprint density at radius 3 is 2.59 bits per heavy atom. The Morgan fingerprint density at radius 2 is 1.94 bits per heavy atom. The van der Waals surface area contributed by atoms with Crippen LogP contribution in [0.25, 0.3) is 0 Å². The number of nitrogens with zero attached hydrogens (tertiary/aromatic N) is 3. The second kappa shape index (κ2) is 4.61. The monoisotopic (exact) mass is 235 g/mol. The number of piperidine rings is 1. The van der Waals surface area contributed by atoms with Crippen LogP contribution in [-0.2, 0) is 0 Å². The molecule has 0 aliphatic carbocycles. The molecule has 1 saturated heterocycles. The Labute approximate surface area is 103 Å². The van der Waals surface area contributed by atoms with Gasteiger partial charge in [-0.05, 0) is 33.1 Å².